The Kier molecular flexibility index (Phi) is 7.62. The van der Waals surface area contributed by atoms with Gasteiger partial charge in [-0.3, -0.25) is 0 Å². The number of ether oxygens (including phenoxy) is 1. The molecule has 0 amide bonds. The van der Waals surface area contributed by atoms with Crippen molar-refractivity contribution in [3.8, 4) is 0 Å². The molecule has 0 spiro atoms. The predicted molar refractivity (Wildman–Crippen MR) is 44.5 cm³/mol. The van der Waals surface area contributed by atoms with Crippen LogP contribution in [0.25, 0.3) is 0 Å². The molecule has 0 saturated heterocycles. The maximum absolute atomic E-state index is 11.7. The minimum atomic E-state index is -5.79. The van der Waals surface area contributed by atoms with Crippen LogP contribution in [0.5, 0.6) is 0 Å². The first-order chi connectivity index (χ1) is 7.52. The highest BCUT2D eigenvalue weighted by Gasteiger charge is 2.64. The van der Waals surface area contributed by atoms with Crippen LogP contribution in [0.15, 0.2) is 25.7 Å². The zero-order valence-electron chi connectivity index (χ0n) is 8.22. The number of hydrogen-bond acceptors (Lipinski definition) is 2. The number of rotatable bonds is 5. The molecule has 1 unspecified atom stereocenters. The SMILES string of the molecule is C=COC=C.OC(F)(F)C(F)(F)C(F)C(F)F. The Bertz CT molecular complexity index is 231. The van der Waals surface area contributed by atoms with E-state index in [2.05, 4.69) is 17.9 Å². The van der Waals surface area contributed by atoms with E-state index in [0.717, 1.165) is 0 Å². The van der Waals surface area contributed by atoms with E-state index in [0.29, 0.717) is 0 Å². The summed E-state index contributed by atoms with van der Waals surface area (Å²) in [4.78, 5) is 0. The normalized spacial score (nSPS) is 13.5. The Morgan fingerprint density at radius 3 is 1.41 bits per heavy atom. The van der Waals surface area contributed by atoms with Crippen LogP contribution in [0.2, 0.25) is 0 Å². The van der Waals surface area contributed by atoms with Gasteiger partial charge in [-0.1, -0.05) is 13.2 Å². The highest BCUT2D eigenvalue weighted by atomic mass is 19.3. The van der Waals surface area contributed by atoms with Crippen LogP contribution in [-0.4, -0.2) is 29.7 Å². The van der Waals surface area contributed by atoms with E-state index < -0.39 is 24.6 Å². The average Bonchev–Trinajstić information content (AvgIpc) is 2.16. The van der Waals surface area contributed by atoms with Gasteiger partial charge in [-0.05, 0) is 0 Å². The fourth-order valence-electron chi connectivity index (χ4n) is 0.392. The molecule has 1 atom stereocenters. The van der Waals surface area contributed by atoms with Crippen molar-refractivity contribution in [1.82, 2.24) is 0 Å². The topological polar surface area (TPSA) is 29.5 Å². The lowest BCUT2D eigenvalue weighted by molar-refractivity contribution is -0.350. The Balaban J connectivity index is 0. The number of hydrogen-bond donors (Lipinski definition) is 1. The highest BCUT2D eigenvalue weighted by molar-refractivity contribution is 4.85. The molecule has 1 N–H and O–H groups in total. The van der Waals surface area contributed by atoms with Crippen molar-refractivity contribution in [3.63, 3.8) is 0 Å². The molecule has 0 aliphatic carbocycles. The first-order valence-electron chi connectivity index (χ1n) is 3.79. The summed E-state index contributed by atoms with van der Waals surface area (Å²) in [6.07, 6.45) is -11.8. The lowest BCUT2D eigenvalue weighted by Gasteiger charge is -2.23. The summed E-state index contributed by atoms with van der Waals surface area (Å²) in [5, 5.41) is 7.31. The van der Waals surface area contributed by atoms with Crippen molar-refractivity contribution in [2.45, 2.75) is 24.6 Å². The van der Waals surface area contributed by atoms with Crippen LogP contribution < -0.4 is 0 Å². The average molecular weight is 270 g/mol. The van der Waals surface area contributed by atoms with Gasteiger partial charge < -0.3 is 9.84 Å². The van der Waals surface area contributed by atoms with E-state index in [1.807, 2.05) is 0 Å². The van der Waals surface area contributed by atoms with Gasteiger partial charge in [-0.25, -0.2) is 13.2 Å². The zero-order chi connectivity index (χ0) is 14.3. The molecular weight excluding hydrogens is 261 g/mol. The van der Waals surface area contributed by atoms with Gasteiger partial charge in [0, 0.05) is 0 Å². The van der Waals surface area contributed by atoms with Crippen molar-refractivity contribution in [3.05, 3.63) is 25.7 Å². The summed E-state index contributed by atoms with van der Waals surface area (Å²) in [6, 6.07) is 0. The second-order valence-corrected chi connectivity index (χ2v) is 2.37. The van der Waals surface area contributed by atoms with Gasteiger partial charge >= 0.3 is 12.0 Å². The van der Waals surface area contributed by atoms with Crippen molar-refractivity contribution in [2.24, 2.45) is 0 Å². The Morgan fingerprint density at radius 1 is 1.00 bits per heavy atom. The van der Waals surface area contributed by atoms with E-state index >= 15 is 0 Å². The van der Waals surface area contributed by atoms with Crippen LogP contribution in [0.3, 0.4) is 0 Å². The number of halogens is 7. The zero-order valence-corrected chi connectivity index (χ0v) is 8.22. The van der Waals surface area contributed by atoms with E-state index in [4.69, 9.17) is 5.11 Å². The minimum absolute atomic E-state index is 1.31. The lowest BCUT2D eigenvalue weighted by Crippen LogP contribution is -2.50. The molecule has 0 heterocycles. The van der Waals surface area contributed by atoms with Crippen LogP contribution >= 0.6 is 0 Å². The van der Waals surface area contributed by atoms with Gasteiger partial charge in [0.15, 0.2) is 0 Å². The first-order valence-corrected chi connectivity index (χ1v) is 3.79. The van der Waals surface area contributed by atoms with Crippen LogP contribution in [0, 0.1) is 0 Å². The van der Waals surface area contributed by atoms with Gasteiger partial charge in [-0.15, -0.1) is 0 Å². The Morgan fingerprint density at radius 2 is 1.35 bits per heavy atom. The smallest absolute Gasteiger partial charge is 0.420 e. The second kappa shape index (κ2) is 7.15. The molecule has 0 fully saturated rings. The molecule has 0 aromatic heterocycles. The van der Waals surface area contributed by atoms with Gasteiger partial charge in [-0.2, -0.15) is 17.6 Å². The number of aliphatic hydroxyl groups is 1. The van der Waals surface area contributed by atoms with E-state index in [-0.39, 0.29) is 0 Å². The third kappa shape index (κ3) is 6.15. The largest absolute Gasteiger partial charge is 0.474 e. The summed E-state index contributed by atoms with van der Waals surface area (Å²) >= 11 is 0. The monoisotopic (exact) mass is 270 g/mol. The van der Waals surface area contributed by atoms with E-state index in [1.54, 1.807) is 0 Å². The molecule has 17 heavy (non-hydrogen) atoms. The standard InChI is InChI=1S/C4H3F7O.C4H6O/c5-1(2(6)7)3(8,9)4(10,11)12;1-3-5-4-2/h1-2,12H;3-4H,1-2H2. The fourth-order valence-corrected chi connectivity index (χ4v) is 0.392. The van der Waals surface area contributed by atoms with Gasteiger partial charge in [0.1, 0.15) is 0 Å². The van der Waals surface area contributed by atoms with E-state index in [9.17, 15) is 30.7 Å². The predicted octanol–water partition coefficient (Wildman–Crippen LogP) is 3.10. The molecule has 0 aliphatic heterocycles. The molecule has 0 radical (unpaired) electrons. The third-order valence-electron chi connectivity index (χ3n) is 1.16. The van der Waals surface area contributed by atoms with Crippen LogP contribution in [0.1, 0.15) is 0 Å². The maximum atomic E-state index is 11.7. The van der Waals surface area contributed by atoms with Crippen molar-refractivity contribution < 1.29 is 40.6 Å². The molecule has 102 valence electrons. The molecule has 0 aliphatic rings. The Labute approximate surface area is 92.0 Å². The summed E-state index contributed by atoms with van der Waals surface area (Å²) in [7, 11) is 0. The molecule has 0 aromatic rings. The molecule has 2 nitrogen and oxygen atoms in total. The highest BCUT2D eigenvalue weighted by Crippen LogP contribution is 2.38. The summed E-state index contributed by atoms with van der Waals surface area (Å²) in [5.41, 5.74) is 0. The quantitative estimate of drug-likeness (QED) is 0.614. The molecule has 0 saturated carbocycles. The summed E-state index contributed by atoms with van der Waals surface area (Å²) < 4.78 is 84.5. The summed E-state index contributed by atoms with van der Waals surface area (Å²) in [5.74, 6) is -5.78. The molecule has 0 bridgehead atoms. The molecule has 0 rings (SSSR count). The third-order valence-corrected chi connectivity index (χ3v) is 1.16. The van der Waals surface area contributed by atoms with Gasteiger partial charge in [0.2, 0.25) is 6.17 Å². The molecule has 0 aromatic carbocycles. The first kappa shape index (κ1) is 18.1. The summed E-state index contributed by atoms with van der Waals surface area (Å²) in [6.45, 7) is 6.51. The fraction of sp³-hybridized carbons (Fsp3) is 0.500. The van der Waals surface area contributed by atoms with Crippen molar-refractivity contribution in [2.75, 3.05) is 0 Å². The second-order valence-electron chi connectivity index (χ2n) is 2.37. The number of alkyl halides is 7. The molecule has 9 heteroatoms. The van der Waals surface area contributed by atoms with Crippen molar-refractivity contribution >= 4 is 0 Å². The van der Waals surface area contributed by atoms with E-state index in [1.165, 1.54) is 12.5 Å². The van der Waals surface area contributed by atoms with Crippen LogP contribution in [-0.2, 0) is 4.74 Å². The lowest BCUT2D eigenvalue weighted by atomic mass is 10.2. The van der Waals surface area contributed by atoms with Crippen LogP contribution in [0.4, 0.5) is 30.7 Å². The van der Waals surface area contributed by atoms with Gasteiger partial charge in [0.25, 0.3) is 6.43 Å². The van der Waals surface area contributed by atoms with Gasteiger partial charge in [0.05, 0.1) is 12.5 Å². The maximum Gasteiger partial charge on any atom is 0.420 e. The Hall–Kier alpha value is -1.25. The van der Waals surface area contributed by atoms with Crippen molar-refractivity contribution in [1.29, 1.82) is 0 Å². The minimum Gasteiger partial charge on any atom is -0.474 e. The molecular formula is C8H9F7O2.